The van der Waals surface area contributed by atoms with Gasteiger partial charge in [-0.3, -0.25) is 0 Å². The number of benzene rings is 2. The minimum atomic E-state index is -0.517. The lowest BCUT2D eigenvalue weighted by Crippen LogP contribution is -2.31. The molecule has 3 rings (SSSR count). The Balaban J connectivity index is 2.14. The van der Waals surface area contributed by atoms with E-state index in [2.05, 4.69) is 121 Å². The normalized spacial score (nSPS) is 16.2. The summed E-state index contributed by atoms with van der Waals surface area (Å²) in [6.07, 6.45) is 5.96. The molecule has 29 heavy (non-hydrogen) atoms. The molecule has 0 N–H and O–H groups in total. The summed E-state index contributed by atoms with van der Waals surface area (Å²) in [7, 11) is -0.709. The topological polar surface area (TPSA) is 0 Å². The van der Waals surface area contributed by atoms with Gasteiger partial charge in [-0.25, -0.2) is 0 Å². The summed E-state index contributed by atoms with van der Waals surface area (Å²) in [6, 6.07) is 22.3. The standard InChI is InChI=1S/C27H36P2/c1-21(29(26(2,3)4)27(5,6)7)24-19-14-20-25(24)28(22-15-10-8-11-16-22)23-17-12-9-13-18-23/h8-18,20-21H,19H2,1-7H3. The molecule has 0 amide bonds. The van der Waals surface area contributed by atoms with Crippen LogP contribution in [0.15, 0.2) is 83.7 Å². The molecule has 2 aromatic rings. The zero-order valence-electron chi connectivity index (χ0n) is 19.1. The van der Waals surface area contributed by atoms with E-state index in [9.17, 15) is 0 Å². The van der Waals surface area contributed by atoms with Gasteiger partial charge in [-0.1, -0.05) is 135 Å². The van der Waals surface area contributed by atoms with E-state index in [1.54, 1.807) is 10.9 Å². The molecule has 0 aromatic heterocycles. The highest BCUT2D eigenvalue weighted by Gasteiger charge is 2.40. The van der Waals surface area contributed by atoms with Crippen LogP contribution in [0.4, 0.5) is 0 Å². The maximum Gasteiger partial charge on any atom is -0.000563 e. The third-order valence-electron chi connectivity index (χ3n) is 5.55. The molecular weight excluding hydrogens is 386 g/mol. The molecule has 0 saturated heterocycles. The SMILES string of the molecule is CC(C1=C(P(c2ccccc2)c2ccccc2)C=CC1)P(C(C)(C)C)C(C)(C)C. The molecule has 0 saturated carbocycles. The van der Waals surface area contributed by atoms with Crippen LogP contribution in [0.25, 0.3) is 0 Å². The van der Waals surface area contributed by atoms with Crippen molar-refractivity contribution in [3.05, 3.63) is 83.7 Å². The van der Waals surface area contributed by atoms with Crippen LogP contribution in [0.1, 0.15) is 54.9 Å². The summed E-state index contributed by atoms with van der Waals surface area (Å²) in [5, 5.41) is 5.16. The molecule has 1 unspecified atom stereocenters. The van der Waals surface area contributed by atoms with E-state index in [1.807, 2.05) is 0 Å². The van der Waals surface area contributed by atoms with Crippen molar-refractivity contribution < 1.29 is 0 Å². The molecule has 0 fully saturated rings. The Labute approximate surface area is 181 Å². The zero-order valence-corrected chi connectivity index (χ0v) is 20.9. The van der Waals surface area contributed by atoms with Crippen LogP contribution in [-0.4, -0.2) is 16.0 Å². The van der Waals surface area contributed by atoms with Crippen molar-refractivity contribution in [2.24, 2.45) is 0 Å². The van der Waals surface area contributed by atoms with Crippen LogP contribution < -0.4 is 10.6 Å². The average molecular weight is 423 g/mol. The van der Waals surface area contributed by atoms with Crippen LogP contribution in [0.3, 0.4) is 0 Å². The Kier molecular flexibility index (Phi) is 6.88. The van der Waals surface area contributed by atoms with Gasteiger partial charge in [0.15, 0.2) is 0 Å². The van der Waals surface area contributed by atoms with E-state index < -0.39 is 7.92 Å². The summed E-state index contributed by atoms with van der Waals surface area (Å²) in [5.41, 5.74) is 2.30. The Morgan fingerprint density at radius 1 is 0.724 bits per heavy atom. The Morgan fingerprint density at radius 3 is 1.59 bits per heavy atom. The second-order valence-electron chi connectivity index (χ2n) is 9.91. The monoisotopic (exact) mass is 422 g/mol. The quantitative estimate of drug-likeness (QED) is 0.431. The summed E-state index contributed by atoms with van der Waals surface area (Å²) in [4.78, 5) is 0. The van der Waals surface area contributed by atoms with Gasteiger partial charge in [-0.15, -0.1) is 0 Å². The van der Waals surface area contributed by atoms with Gasteiger partial charge in [0.05, 0.1) is 0 Å². The van der Waals surface area contributed by atoms with Crippen LogP contribution in [0.5, 0.6) is 0 Å². The van der Waals surface area contributed by atoms with Gasteiger partial charge in [0, 0.05) is 0 Å². The first-order chi connectivity index (χ1) is 13.6. The molecule has 0 radical (unpaired) electrons. The fourth-order valence-corrected chi connectivity index (χ4v) is 12.6. The van der Waals surface area contributed by atoms with Crippen molar-refractivity contribution in [3.8, 4) is 0 Å². The van der Waals surface area contributed by atoms with Crippen molar-refractivity contribution in [1.82, 2.24) is 0 Å². The first-order valence-electron chi connectivity index (χ1n) is 10.7. The van der Waals surface area contributed by atoms with Crippen LogP contribution in [0, 0.1) is 0 Å². The predicted molar refractivity (Wildman–Crippen MR) is 136 cm³/mol. The molecule has 2 heteroatoms. The zero-order chi connectivity index (χ0) is 21.2. The van der Waals surface area contributed by atoms with E-state index in [0.29, 0.717) is 16.0 Å². The molecule has 1 atom stereocenters. The molecule has 0 aliphatic heterocycles. The van der Waals surface area contributed by atoms with Gasteiger partial charge < -0.3 is 0 Å². The van der Waals surface area contributed by atoms with Gasteiger partial charge in [0.25, 0.3) is 0 Å². The van der Waals surface area contributed by atoms with E-state index in [0.717, 1.165) is 6.42 Å². The Hall–Kier alpha value is -1.22. The highest BCUT2D eigenvalue weighted by Crippen LogP contribution is 2.66. The number of allylic oxidation sites excluding steroid dienone is 4. The van der Waals surface area contributed by atoms with Gasteiger partial charge in [0.1, 0.15) is 0 Å². The highest BCUT2D eigenvalue weighted by atomic mass is 31.1. The van der Waals surface area contributed by atoms with E-state index >= 15 is 0 Å². The van der Waals surface area contributed by atoms with Gasteiger partial charge in [-0.05, 0) is 46.2 Å². The molecule has 1 aliphatic rings. The largest absolute Gasteiger partial charge is 0.0885 e. The molecule has 0 heterocycles. The third kappa shape index (κ3) is 5.10. The number of hydrogen-bond acceptors (Lipinski definition) is 0. The lowest BCUT2D eigenvalue weighted by Gasteiger charge is -2.46. The van der Waals surface area contributed by atoms with E-state index in [-0.39, 0.29) is 7.92 Å². The molecule has 0 bridgehead atoms. The molecule has 0 nitrogen and oxygen atoms in total. The molecule has 1 aliphatic carbocycles. The van der Waals surface area contributed by atoms with Crippen molar-refractivity contribution in [2.75, 3.05) is 0 Å². The Bertz CT molecular complexity index is 811. The fraction of sp³-hybridized carbons (Fsp3) is 0.407. The second kappa shape index (κ2) is 8.88. The minimum absolute atomic E-state index is 0.192. The average Bonchev–Trinajstić information content (AvgIpc) is 3.11. The van der Waals surface area contributed by atoms with Gasteiger partial charge in [0.2, 0.25) is 0 Å². The van der Waals surface area contributed by atoms with Crippen LogP contribution in [0.2, 0.25) is 0 Å². The lowest BCUT2D eigenvalue weighted by atomic mass is 10.2. The smallest absolute Gasteiger partial charge is 0.000563 e. The molecule has 2 aromatic carbocycles. The fourth-order valence-electron chi connectivity index (χ4n) is 5.02. The van der Waals surface area contributed by atoms with Crippen LogP contribution in [-0.2, 0) is 0 Å². The summed E-state index contributed by atoms with van der Waals surface area (Å²) < 4.78 is 0. The predicted octanol–water partition coefficient (Wildman–Crippen LogP) is 7.80. The van der Waals surface area contributed by atoms with Crippen molar-refractivity contribution >= 4 is 26.5 Å². The summed E-state index contributed by atoms with van der Waals surface area (Å²) in [5.74, 6) is 0. The van der Waals surface area contributed by atoms with Gasteiger partial charge >= 0.3 is 0 Å². The van der Waals surface area contributed by atoms with Crippen molar-refractivity contribution in [1.29, 1.82) is 0 Å². The maximum absolute atomic E-state index is 2.51. The van der Waals surface area contributed by atoms with Crippen LogP contribution >= 0.6 is 15.8 Å². The maximum atomic E-state index is 2.51. The summed E-state index contributed by atoms with van der Waals surface area (Å²) in [6.45, 7) is 17.2. The van der Waals surface area contributed by atoms with Gasteiger partial charge in [-0.2, -0.15) is 0 Å². The molecule has 154 valence electrons. The van der Waals surface area contributed by atoms with E-state index in [4.69, 9.17) is 0 Å². The first-order valence-corrected chi connectivity index (χ1v) is 13.4. The number of rotatable bonds is 5. The van der Waals surface area contributed by atoms with Crippen molar-refractivity contribution in [2.45, 2.75) is 70.9 Å². The Morgan fingerprint density at radius 2 is 1.17 bits per heavy atom. The molecular formula is C27H36P2. The lowest BCUT2D eigenvalue weighted by molar-refractivity contribution is 0.693. The number of hydrogen-bond donors (Lipinski definition) is 0. The van der Waals surface area contributed by atoms with E-state index in [1.165, 1.54) is 10.6 Å². The molecule has 0 spiro atoms. The summed E-state index contributed by atoms with van der Waals surface area (Å²) >= 11 is 0. The first kappa shape index (κ1) is 22.5. The third-order valence-corrected chi connectivity index (χ3v) is 12.1. The second-order valence-corrected chi connectivity index (χ2v) is 16.3. The highest BCUT2D eigenvalue weighted by molar-refractivity contribution is 7.77. The minimum Gasteiger partial charge on any atom is -0.0885 e. The van der Waals surface area contributed by atoms with Crippen molar-refractivity contribution in [3.63, 3.8) is 0 Å².